The van der Waals surface area contributed by atoms with Crippen molar-refractivity contribution in [3.05, 3.63) is 48.0 Å². The molecule has 2 aromatic carbocycles. The van der Waals surface area contributed by atoms with Crippen molar-refractivity contribution in [2.24, 2.45) is 5.73 Å². The van der Waals surface area contributed by atoms with E-state index in [0.29, 0.717) is 0 Å². The minimum absolute atomic E-state index is 0.351. The van der Waals surface area contributed by atoms with Crippen LogP contribution < -0.4 is 5.73 Å². The molecule has 2 aromatic rings. The van der Waals surface area contributed by atoms with Crippen LogP contribution in [0.1, 0.15) is 18.4 Å². The van der Waals surface area contributed by atoms with Gasteiger partial charge in [0.2, 0.25) is 0 Å². The number of carboxylic acids is 1. The molecule has 0 spiro atoms. The van der Waals surface area contributed by atoms with E-state index in [1.54, 1.807) is 0 Å². The SMILES string of the molecule is NC(C(=O)O)C1(c2ccc3ccccc3c2)CC1. The predicted octanol–water partition coefficient (Wildman–Crippen LogP) is 2.28. The molecule has 0 amide bonds. The largest absolute Gasteiger partial charge is 0.480 e. The lowest BCUT2D eigenvalue weighted by Crippen LogP contribution is -2.41. The zero-order valence-electron chi connectivity index (χ0n) is 9.97. The molecule has 1 atom stereocenters. The highest BCUT2D eigenvalue weighted by Gasteiger charge is 2.52. The van der Waals surface area contributed by atoms with E-state index in [1.165, 1.54) is 5.39 Å². The second-order valence-electron chi connectivity index (χ2n) is 5.03. The zero-order valence-corrected chi connectivity index (χ0v) is 9.97. The van der Waals surface area contributed by atoms with Gasteiger partial charge in [-0.1, -0.05) is 42.5 Å². The average Bonchev–Trinajstić information content (AvgIpc) is 3.18. The number of nitrogens with two attached hydrogens (primary N) is 1. The minimum Gasteiger partial charge on any atom is -0.480 e. The van der Waals surface area contributed by atoms with Gasteiger partial charge in [-0.15, -0.1) is 0 Å². The molecule has 18 heavy (non-hydrogen) atoms. The number of rotatable bonds is 3. The second kappa shape index (κ2) is 3.82. The Bertz CT molecular complexity index is 617. The highest BCUT2D eigenvalue weighted by atomic mass is 16.4. The van der Waals surface area contributed by atoms with Crippen LogP contribution >= 0.6 is 0 Å². The molecule has 92 valence electrons. The lowest BCUT2D eigenvalue weighted by Gasteiger charge is -2.20. The van der Waals surface area contributed by atoms with Gasteiger partial charge in [0.25, 0.3) is 0 Å². The van der Waals surface area contributed by atoms with Gasteiger partial charge in [-0.25, -0.2) is 0 Å². The topological polar surface area (TPSA) is 63.3 Å². The summed E-state index contributed by atoms with van der Waals surface area (Å²) < 4.78 is 0. The molecule has 0 heterocycles. The maximum atomic E-state index is 11.1. The molecule has 0 saturated heterocycles. The minimum atomic E-state index is -0.916. The molecule has 1 fully saturated rings. The monoisotopic (exact) mass is 241 g/mol. The van der Waals surface area contributed by atoms with E-state index in [4.69, 9.17) is 10.8 Å². The van der Waals surface area contributed by atoms with Crippen molar-refractivity contribution >= 4 is 16.7 Å². The van der Waals surface area contributed by atoms with Crippen molar-refractivity contribution in [2.75, 3.05) is 0 Å². The molecule has 0 radical (unpaired) electrons. The summed E-state index contributed by atoms with van der Waals surface area (Å²) in [5.41, 5.74) is 6.53. The first kappa shape index (κ1) is 11.2. The second-order valence-corrected chi connectivity index (χ2v) is 5.03. The van der Waals surface area contributed by atoms with Gasteiger partial charge < -0.3 is 10.8 Å². The van der Waals surface area contributed by atoms with Crippen molar-refractivity contribution < 1.29 is 9.90 Å². The maximum Gasteiger partial charge on any atom is 0.321 e. The Kier molecular flexibility index (Phi) is 2.38. The van der Waals surface area contributed by atoms with Gasteiger partial charge in [-0.3, -0.25) is 4.79 Å². The summed E-state index contributed by atoms with van der Waals surface area (Å²) in [6.45, 7) is 0. The van der Waals surface area contributed by atoms with Crippen LogP contribution in [-0.2, 0) is 10.2 Å². The Hall–Kier alpha value is -1.87. The van der Waals surface area contributed by atoms with Crippen LogP contribution in [-0.4, -0.2) is 17.1 Å². The number of hydrogen-bond donors (Lipinski definition) is 2. The summed E-state index contributed by atoms with van der Waals surface area (Å²) >= 11 is 0. The highest BCUT2D eigenvalue weighted by molar-refractivity contribution is 5.84. The standard InChI is InChI=1S/C15H15NO2/c16-13(14(17)18)15(7-8-15)12-6-5-10-3-1-2-4-11(10)9-12/h1-6,9,13H,7-8,16H2,(H,17,18). The molecular formula is C15H15NO2. The first-order valence-corrected chi connectivity index (χ1v) is 6.11. The highest BCUT2D eigenvalue weighted by Crippen LogP contribution is 2.50. The van der Waals surface area contributed by atoms with E-state index in [9.17, 15) is 4.79 Å². The number of carboxylic acid groups (broad SMARTS) is 1. The molecule has 0 bridgehead atoms. The smallest absolute Gasteiger partial charge is 0.321 e. The molecule has 0 aliphatic heterocycles. The Morgan fingerprint density at radius 2 is 1.83 bits per heavy atom. The van der Waals surface area contributed by atoms with Crippen LogP contribution in [0.4, 0.5) is 0 Å². The molecule has 3 heteroatoms. The predicted molar refractivity (Wildman–Crippen MR) is 70.5 cm³/mol. The van der Waals surface area contributed by atoms with Crippen LogP contribution in [0.5, 0.6) is 0 Å². The third-order valence-corrected chi connectivity index (χ3v) is 3.97. The fourth-order valence-corrected chi connectivity index (χ4v) is 2.65. The number of hydrogen-bond acceptors (Lipinski definition) is 2. The normalized spacial score (nSPS) is 18.5. The third-order valence-electron chi connectivity index (χ3n) is 3.97. The third kappa shape index (κ3) is 1.59. The van der Waals surface area contributed by atoms with Crippen LogP contribution in [0.15, 0.2) is 42.5 Å². The summed E-state index contributed by atoms with van der Waals surface area (Å²) in [5.74, 6) is -0.916. The first-order valence-electron chi connectivity index (χ1n) is 6.11. The Morgan fingerprint density at radius 1 is 1.17 bits per heavy atom. The summed E-state index contributed by atoms with van der Waals surface area (Å²) in [6, 6.07) is 13.4. The van der Waals surface area contributed by atoms with Gasteiger partial charge >= 0.3 is 5.97 Å². The van der Waals surface area contributed by atoms with Crippen molar-refractivity contribution in [1.82, 2.24) is 0 Å². The van der Waals surface area contributed by atoms with E-state index in [0.717, 1.165) is 23.8 Å². The fraction of sp³-hybridized carbons (Fsp3) is 0.267. The number of carbonyl (C=O) groups is 1. The molecule has 3 N–H and O–H groups in total. The number of benzene rings is 2. The maximum absolute atomic E-state index is 11.1. The molecular weight excluding hydrogens is 226 g/mol. The summed E-state index contributed by atoms with van der Waals surface area (Å²) in [5, 5.41) is 11.4. The van der Waals surface area contributed by atoms with E-state index in [-0.39, 0.29) is 5.41 Å². The quantitative estimate of drug-likeness (QED) is 0.866. The van der Waals surface area contributed by atoms with E-state index in [1.807, 2.05) is 30.3 Å². The Labute approximate surface area is 105 Å². The Morgan fingerprint density at radius 3 is 2.44 bits per heavy atom. The molecule has 0 aromatic heterocycles. The van der Waals surface area contributed by atoms with Crippen molar-refractivity contribution in [2.45, 2.75) is 24.3 Å². The lowest BCUT2D eigenvalue weighted by atomic mass is 9.87. The summed E-state index contributed by atoms with van der Waals surface area (Å²) in [4.78, 5) is 11.1. The molecule has 1 aliphatic carbocycles. The van der Waals surface area contributed by atoms with Gasteiger partial charge in [0.05, 0.1) is 0 Å². The van der Waals surface area contributed by atoms with Crippen LogP contribution in [0.25, 0.3) is 10.8 Å². The number of fused-ring (bicyclic) bond motifs is 1. The molecule has 1 saturated carbocycles. The van der Waals surface area contributed by atoms with Gasteiger partial charge in [0, 0.05) is 5.41 Å². The van der Waals surface area contributed by atoms with Gasteiger partial charge in [0.1, 0.15) is 6.04 Å². The van der Waals surface area contributed by atoms with Crippen molar-refractivity contribution in [1.29, 1.82) is 0 Å². The van der Waals surface area contributed by atoms with Crippen molar-refractivity contribution in [3.8, 4) is 0 Å². The van der Waals surface area contributed by atoms with Crippen LogP contribution in [0.2, 0.25) is 0 Å². The van der Waals surface area contributed by atoms with Gasteiger partial charge in [-0.2, -0.15) is 0 Å². The van der Waals surface area contributed by atoms with E-state index < -0.39 is 12.0 Å². The molecule has 1 aliphatic rings. The summed E-state index contributed by atoms with van der Waals surface area (Å²) in [7, 11) is 0. The van der Waals surface area contributed by atoms with E-state index >= 15 is 0 Å². The van der Waals surface area contributed by atoms with Crippen LogP contribution in [0, 0.1) is 0 Å². The van der Waals surface area contributed by atoms with E-state index in [2.05, 4.69) is 12.1 Å². The molecule has 3 nitrogen and oxygen atoms in total. The zero-order chi connectivity index (χ0) is 12.8. The van der Waals surface area contributed by atoms with Gasteiger partial charge in [0.15, 0.2) is 0 Å². The summed E-state index contributed by atoms with van der Waals surface area (Å²) in [6.07, 6.45) is 1.72. The molecule has 3 rings (SSSR count). The number of aliphatic carboxylic acids is 1. The lowest BCUT2D eigenvalue weighted by molar-refractivity contribution is -0.139. The molecule has 1 unspecified atom stereocenters. The average molecular weight is 241 g/mol. The fourth-order valence-electron chi connectivity index (χ4n) is 2.65. The van der Waals surface area contributed by atoms with Crippen LogP contribution in [0.3, 0.4) is 0 Å². The van der Waals surface area contributed by atoms with Crippen molar-refractivity contribution in [3.63, 3.8) is 0 Å². The first-order chi connectivity index (χ1) is 8.63. The Balaban J connectivity index is 2.07. The van der Waals surface area contributed by atoms with Gasteiger partial charge in [-0.05, 0) is 29.2 Å².